The number of hydrogen-bond donors (Lipinski definition) is 0. The van der Waals surface area contributed by atoms with E-state index < -0.39 is 5.97 Å². The summed E-state index contributed by atoms with van der Waals surface area (Å²) in [6, 6.07) is 7.55. The number of rotatable bonds is 2. The van der Waals surface area contributed by atoms with Crippen molar-refractivity contribution >= 4 is 5.97 Å². The van der Waals surface area contributed by atoms with Crippen LogP contribution in [0.4, 0.5) is 0 Å². The summed E-state index contributed by atoms with van der Waals surface area (Å²) in [5, 5.41) is 0. The van der Waals surface area contributed by atoms with Crippen LogP contribution in [-0.2, 0) is 16.0 Å². The van der Waals surface area contributed by atoms with Gasteiger partial charge in [0, 0.05) is 12.3 Å². The molecule has 0 aliphatic carbocycles. The van der Waals surface area contributed by atoms with E-state index in [1.807, 2.05) is 24.3 Å². The normalized spacial score (nSPS) is 8.67. The third-order valence-electron chi connectivity index (χ3n) is 1.80. The van der Waals surface area contributed by atoms with Crippen LogP contribution in [0.3, 0.4) is 0 Å². The predicted octanol–water partition coefficient (Wildman–Crippen LogP) is 1.41. The summed E-state index contributed by atoms with van der Waals surface area (Å²) in [5.74, 6) is 5.36. The first-order valence-electron chi connectivity index (χ1n) is 4.46. The van der Waals surface area contributed by atoms with Crippen molar-refractivity contribution in [2.24, 2.45) is 0 Å². The molecule has 15 heavy (non-hydrogen) atoms. The molecule has 0 aliphatic rings. The summed E-state index contributed by atoms with van der Waals surface area (Å²) in [6.45, 7) is 0. The molecule has 0 aromatic heterocycles. The van der Waals surface area contributed by atoms with Gasteiger partial charge < -0.3 is 9.47 Å². The van der Waals surface area contributed by atoms with Gasteiger partial charge in [0.25, 0.3) is 0 Å². The van der Waals surface area contributed by atoms with E-state index in [0.29, 0.717) is 6.42 Å². The molecule has 0 fully saturated rings. The van der Waals surface area contributed by atoms with E-state index >= 15 is 0 Å². The number of benzene rings is 1. The number of hydrogen-bond acceptors (Lipinski definition) is 3. The number of carbonyl (C=O) groups excluding carboxylic acids is 1. The molecule has 1 aromatic rings. The lowest BCUT2D eigenvalue weighted by atomic mass is 10.1. The zero-order chi connectivity index (χ0) is 11.1. The number of methoxy groups -OCH3 is 2. The van der Waals surface area contributed by atoms with E-state index in [1.54, 1.807) is 7.11 Å². The standard InChI is InChI=1S/C12H12O3/c1-14-11-7-3-5-10(9-11)6-4-8-12(13)15-2/h3,5,7,9H,6H2,1-2H3. The first kappa shape index (κ1) is 11.1. The number of carbonyl (C=O) groups is 1. The highest BCUT2D eigenvalue weighted by atomic mass is 16.5. The van der Waals surface area contributed by atoms with Crippen molar-refractivity contribution in [2.75, 3.05) is 14.2 Å². The largest absolute Gasteiger partial charge is 0.497 e. The van der Waals surface area contributed by atoms with E-state index in [2.05, 4.69) is 16.6 Å². The molecule has 0 radical (unpaired) electrons. The molecule has 0 bridgehead atoms. The molecule has 3 heteroatoms. The maximum atomic E-state index is 10.7. The molecule has 0 aliphatic heterocycles. The van der Waals surface area contributed by atoms with Crippen molar-refractivity contribution in [3.05, 3.63) is 29.8 Å². The Morgan fingerprint density at radius 1 is 1.40 bits per heavy atom. The third-order valence-corrected chi connectivity index (χ3v) is 1.80. The molecule has 1 aromatic carbocycles. The van der Waals surface area contributed by atoms with Crippen molar-refractivity contribution in [1.29, 1.82) is 0 Å². The van der Waals surface area contributed by atoms with Gasteiger partial charge in [-0.15, -0.1) is 0 Å². The Kier molecular flexibility index (Phi) is 4.24. The van der Waals surface area contributed by atoms with Crippen LogP contribution in [0.1, 0.15) is 5.56 Å². The topological polar surface area (TPSA) is 35.5 Å². The van der Waals surface area contributed by atoms with Crippen molar-refractivity contribution in [2.45, 2.75) is 6.42 Å². The molecule has 0 atom stereocenters. The Balaban J connectivity index is 2.63. The molecule has 0 spiro atoms. The lowest BCUT2D eigenvalue weighted by Crippen LogP contribution is -1.94. The van der Waals surface area contributed by atoms with Gasteiger partial charge in [-0.1, -0.05) is 18.1 Å². The molecule has 78 valence electrons. The van der Waals surface area contributed by atoms with Gasteiger partial charge >= 0.3 is 5.97 Å². The van der Waals surface area contributed by atoms with Gasteiger partial charge in [-0.3, -0.25) is 0 Å². The van der Waals surface area contributed by atoms with Crippen LogP contribution in [0.5, 0.6) is 5.75 Å². The molecule has 3 nitrogen and oxygen atoms in total. The second-order valence-corrected chi connectivity index (χ2v) is 2.82. The fourth-order valence-corrected chi connectivity index (χ4v) is 1.05. The Morgan fingerprint density at radius 3 is 2.87 bits per heavy atom. The van der Waals surface area contributed by atoms with Crippen molar-refractivity contribution in [3.63, 3.8) is 0 Å². The van der Waals surface area contributed by atoms with Crippen LogP contribution >= 0.6 is 0 Å². The van der Waals surface area contributed by atoms with Crippen molar-refractivity contribution < 1.29 is 14.3 Å². The first-order chi connectivity index (χ1) is 7.26. The smallest absolute Gasteiger partial charge is 0.384 e. The third kappa shape index (κ3) is 3.74. The summed E-state index contributed by atoms with van der Waals surface area (Å²) in [5.41, 5.74) is 1.01. The van der Waals surface area contributed by atoms with E-state index in [9.17, 15) is 4.79 Å². The molecule has 0 unspecified atom stereocenters. The Morgan fingerprint density at radius 2 is 2.20 bits per heavy atom. The van der Waals surface area contributed by atoms with Gasteiger partial charge in [-0.05, 0) is 17.7 Å². The number of esters is 1. The van der Waals surface area contributed by atoms with Crippen molar-refractivity contribution in [1.82, 2.24) is 0 Å². The van der Waals surface area contributed by atoms with E-state index in [4.69, 9.17) is 4.74 Å². The van der Waals surface area contributed by atoms with Crippen molar-refractivity contribution in [3.8, 4) is 17.6 Å². The second kappa shape index (κ2) is 5.71. The van der Waals surface area contributed by atoms with Gasteiger partial charge in [0.05, 0.1) is 14.2 Å². The van der Waals surface area contributed by atoms with Crippen LogP contribution in [0.25, 0.3) is 0 Å². The SMILES string of the molecule is COC(=O)C#CCc1cccc(OC)c1. The van der Waals surface area contributed by atoms with Crippen LogP contribution < -0.4 is 4.74 Å². The Hall–Kier alpha value is -1.95. The lowest BCUT2D eigenvalue weighted by Gasteiger charge is -2.00. The Bertz CT molecular complexity index is 399. The summed E-state index contributed by atoms with van der Waals surface area (Å²) < 4.78 is 9.46. The van der Waals surface area contributed by atoms with Crippen LogP contribution in [-0.4, -0.2) is 20.2 Å². The maximum absolute atomic E-state index is 10.7. The minimum Gasteiger partial charge on any atom is -0.497 e. The van der Waals surface area contributed by atoms with Gasteiger partial charge in [0.1, 0.15) is 5.75 Å². The maximum Gasteiger partial charge on any atom is 0.384 e. The summed E-state index contributed by atoms with van der Waals surface area (Å²) in [7, 11) is 2.92. The lowest BCUT2D eigenvalue weighted by molar-refractivity contribution is -0.133. The molecule has 0 N–H and O–H groups in total. The zero-order valence-corrected chi connectivity index (χ0v) is 8.74. The highest BCUT2D eigenvalue weighted by molar-refractivity contribution is 5.88. The highest BCUT2D eigenvalue weighted by Crippen LogP contribution is 2.12. The molecule has 0 saturated carbocycles. The average Bonchev–Trinajstić information content (AvgIpc) is 2.29. The molecule has 0 saturated heterocycles. The van der Waals surface area contributed by atoms with Gasteiger partial charge in [-0.2, -0.15) is 0 Å². The highest BCUT2D eigenvalue weighted by Gasteiger charge is 1.94. The zero-order valence-electron chi connectivity index (χ0n) is 8.74. The van der Waals surface area contributed by atoms with Crippen LogP contribution in [0, 0.1) is 11.8 Å². The average molecular weight is 204 g/mol. The van der Waals surface area contributed by atoms with Gasteiger partial charge in [0.2, 0.25) is 0 Å². The fraction of sp³-hybridized carbons (Fsp3) is 0.250. The molecule has 1 rings (SSSR count). The van der Waals surface area contributed by atoms with Crippen LogP contribution in [0.15, 0.2) is 24.3 Å². The summed E-state index contributed by atoms with van der Waals surface area (Å²) in [4.78, 5) is 10.7. The minimum absolute atomic E-state index is 0.506. The number of ether oxygens (including phenoxy) is 2. The molecular weight excluding hydrogens is 192 g/mol. The predicted molar refractivity (Wildman–Crippen MR) is 56.5 cm³/mol. The molecular formula is C12H12O3. The summed E-state index contributed by atoms with van der Waals surface area (Å²) in [6.07, 6.45) is 0.506. The quantitative estimate of drug-likeness (QED) is 0.415. The van der Waals surface area contributed by atoms with E-state index in [0.717, 1.165) is 11.3 Å². The Labute approximate surface area is 89.0 Å². The molecule has 0 amide bonds. The first-order valence-corrected chi connectivity index (χ1v) is 4.46. The second-order valence-electron chi connectivity index (χ2n) is 2.82. The van der Waals surface area contributed by atoms with E-state index in [1.165, 1.54) is 7.11 Å². The monoisotopic (exact) mass is 204 g/mol. The summed E-state index contributed by atoms with van der Waals surface area (Å²) >= 11 is 0. The van der Waals surface area contributed by atoms with Gasteiger partial charge in [-0.25, -0.2) is 4.79 Å². The van der Waals surface area contributed by atoms with E-state index in [-0.39, 0.29) is 0 Å². The van der Waals surface area contributed by atoms with Crippen LogP contribution in [0.2, 0.25) is 0 Å². The fourth-order valence-electron chi connectivity index (χ4n) is 1.05. The van der Waals surface area contributed by atoms with Gasteiger partial charge in [0.15, 0.2) is 0 Å². The minimum atomic E-state index is -0.516. The molecule has 0 heterocycles.